The van der Waals surface area contributed by atoms with Crippen molar-refractivity contribution in [3.63, 3.8) is 0 Å². The van der Waals surface area contributed by atoms with Crippen molar-refractivity contribution in [2.75, 3.05) is 0 Å². The van der Waals surface area contributed by atoms with Gasteiger partial charge in [-0.25, -0.2) is 0 Å². The van der Waals surface area contributed by atoms with E-state index in [0.717, 1.165) is 0 Å². The number of carboxylic acid groups (broad SMARTS) is 1. The SMILES string of the molecule is N#Cc1cc(CC(=O)O)c(Br)cc1C=O. The van der Waals surface area contributed by atoms with Gasteiger partial charge in [0.15, 0.2) is 6.29 Å². The van der Waals surface area contributed by atoms with E-state index in [1.807, 2.05) is 6.07 Å². The van der Waals surface area contributed by atoms with Crippen molar-refractivity contribution in [3.8, 4) is 6.07 Å². The minimum Gasteiger partial charge on any atom is -0.481 e. The molecule has 1 aromatic carbocycles. The molecule has 0 aromatic heterocycles. The van der Waals surface area contributed by atoms with Crippen LogP contribution in [0, 0.1) is 11.3 Å². The second kappa shape index (κ2) is 4.71. The van der Waals surface area contributed by atoms with Crippen molar-refractivity contribution in [2.45, 2.75) is 6.42 Å². The van der Waals surface area contributed by atoms with Gasteiger partial charge in [-0.1, -0.05) is 15.9 Å². The van der Waals surface area contributed by atoms with Crippen LogP contribution < -0.4 is 0 Å². The number of benzene rings is 1. The molecule has 0 fully saturated rings. The minimum atomic E-state index is -0.988. The largest absolute Gasteiger partial charge is 0.481 e. The molecule has 0 radical (unpaired) electrons. The van der Waals surface area contributed by atoms with Crippen LogP contribution in [0.5, 0.6) is 0 Å². The molecular formula is C10H6BrNO3. The van der Waals surface area contributed by atoms with Crippen molar-refractivity contribution in [3.05, 3.63) is 33.3 Å². The second-order valence-corrected chi connectivity index (χ2v) is 3.69. The smallest absolute Gasteiger partial charge is 0.307 e. The predicted octanol–water partition coefficient (Wildman–Crippen LogP) is 1.76. The summed E-state index contributed by atoms with van der Waals surface area (Å²) in [6.45, 7) is 0. The van der Waals surface area contributed by atoms with Gasteiger partial charge in [-0.15, -0.1) is 0 Å². The van der Waals surface area contributed by atoms with Gasteiger partial charge < -0.3 is 5.11 Å². The topological polar surface area (TPSA) is 78.2 Å². The Morgan fingerprint density at radius 2 is 2.27 bits per heavy atom. The first-order valence-electron chi connectivity index (χ1n) is 3.98. The lowest BCUT2D eigenvalue weighted by molar-refractivity contribution is -0.136. The van der Waals surface area contributed by atoms with E-state index in [1.54, 1.807) is 0 Å². The lowest BCUT2D eigenvalue weighted by atomic mass is 10.0. The van der Waals surface area contributed by atoms with Gasteiger partial charge in [0.25, 0.3) is 0 Å². The maximum absolute atomic E-state index is 10.6. The fourth-order valence-electron chi connectivity index (χ4n) is 1.13. The number of carbonyl (C=O) groups excluding carboxylic acids is 1. The normalized spacial score (nSPS) is 9.33. The standard InChI is InChI=1S/C10H6BrNO3/c11-9-2-8(5-13)7(4-12)1-6(9)3-10(14)15/h1-2,5H,3H2,(H,14,15). The van der Waals surface area contributed by atoms with Gasteiger partial charge in [0.1, 0.15) is 0 Å². The summed E-state index contributed by atoms with van der Waals surface area (Å²) in [5.41, 5.74) is 0.910. The molecule has 76 valence electrons. The first-order chi connectivity index (χ1) is 7.08. The van der Waals surface area contributed by atoms with Gasteiger partial charge in [0.05, 0.1) is 18.1 Å². The first kappa shape index (κ1) is 11.4. The number of carbonyl (C=O) groups is 2. The zero-order valence-corrected chi connectivity index (χ0v) is 9.11. The van der Waals surface area contributed by atoms with Crippen molar-refractivity contribution in [2.24, 2.45) is 0 Å². The number of carboxylic acids is 1. The lowest BCUT2D eigenvalue weighted by Gasteiger charge is -2.03. The van der Waals surface area contributed by atoms with E-state index in [1.165, 1.54) is 12.1 Å². The highest BCUT2D eigenvalue weighted by molar-refractivity contribution is 9.10. The number of aliphatic carboxylic acids is 1. The van der Waals surface area contributed by atoms with Crippen LogP contribution in [0.2, 0.25) is 0 Å². The van der Waals surface area contributed by atoms with Crippen molar-refractivity contribution in [1.29, 1.82) is 5.26 Å². The summed E-state index contributed by atoms with van der Waals surface area (Å²) in [6.07, 6.45) is 0.377. The molecule has 0 atom stereocenters. The molecule has 0 aliphatic heterocycles. The summed E-state index contributed by atoms with van der Waals surface area (Å²) in [5.74, 6) is -0.988. The number of hydrogen-bond donors (Lipinski definition) is 1. The molecule has 15 heavy (non-hydrogen) atoms. The number of nitriles is 1. The molecule has 1 N–H and O–H groups in total. The highest BCUT2D eigenvalue weighted by Crippen LogP contribution is 2.21. The number of rotatable bonds is 3. The van der Waals surface area contributed by atoms with E-state index in [-0.39, 0.29) is 17.5 Å². The molecule has 0 spiro atoms. The molecule has 4 nitrogen and oxygen atoms in total. The number of aldehydes is 1. The summed E-state index contributed by atoms with van der Waals surface area (Å²) in [5, 5.41) is 17.3. The quantitative estimate of drug-likeness (QED) is 0.847. The highest BCUT2D eigenvalue weighted by atomic mass is 79.9. The van der Waals surface area contributed by atoms with Crippen molar-refractivity contribution >= 4 is 28.2 Å². The zero-order chi connectivity index (χ0) is 11.4. The van der Waals surface area contributed by atoms with E-state index < -0.39 is 5.97 Å². The fraction of sp³-hybridized carbons (Fsp3) is 0.100. The van der Waals surface area contributed by atoms with E-state index in [2.05, 4.69) is 15.9 Å². The van der Waals surface area contributed by atoms with Crippen molar-refractivity contribution in [1.82, 2.24) is 0 Å². The van der Waals surface area contributed by atoms with Crippen LogP contribution in [0.15, 0.2) is 16.6 Å². The molecule has 0 saturated carbocycles. The highest BCUT2D eigenvalue weighted by Gasteiger charge is 2.10. The Bertz CT molecular complexity index is 462. The van der Waals surface area contributed by atoms with Gasteiger partial charge in [0, 0.05) is 10.0 Å². The van der Waals surface area contributed by atoms with Crippen LogP contribution in [-0.2, 0) is 11.2 Å². The van der Waals surface area contributed by atoms with E-state index in [0.29, 0.717) is 16.3 Å². The maximum atomic E-state index is 10.6. The molecule has 0 aliphatic rings. The van der Waals surface area contributed by atoms with E-state index in [4.69, 9.17) is 10.4 Å². The molecular weight excluding hydrogens is 262 g/mol. The third-order valence-corrected chi connectivity index (χ3v) is 2.55. The Morgan fingerprint density at radius 1 is 1.60 bits per heavy atom. The Kier molecular flexibility index (Phi) is 3.58. The van der Waals surface area contributed by atoms with Gasteiger partial charge in [-0.3, -0.25) is 9.59 Å². The van der Waals surface area contributed by atoms with Gasteiger partial charge in [0.2, 0.25) is 0 Å². The number of nitrogens with zero attached hydrogens (tertiary/aromatic N) is 1. The van der Waals surface area contributed by atoms with Gasteiger partial charge in [-0.05, 0) is 17.7 Å². The van der Waals surface area contributed by atoms with Crippen molar-refractivity contribution < 1.29 is 14.7 Å². The molecule has 0 heterocycles. The second-order valence-electron chi connectivity index (χ2n) is 2.83. The molecule has 5 heteroatoms. The Hall–Kier alpha value is -1.67. The van der Waals surface area contributed by atoms with Crippen LogP contribution in [0.4, 0.5) is 0 Å². The van der Waals surface area contributed by atoms with E-state index in [9.17, 15) is 9.59 Å². The molecule has 1 rings (SSSR count). The van der Waals surface area contributed by atoms with Crippen LogP contribution >= 0.6 is 15.9 Å². The Labute approximate surface area is 94.3 Å². The summed E-state index contributed by atoms with van der Waals surface area (Å²) < 4.78 is 0.519. The lowest BCUT2D eigenvalue weighted by Crippen LogP contribution is -2.02. The molecule has 0 aliphatic carbocycles. The van der Waals surface area contributed by atoms with Crippen LogP contribution in [0.25, 0.3) is 0 Å². The zero-order valence-electron chi connectivity index (χ0n) is 7.53. The molecule has 0 amide bonds. The predicted molar refractivity (Wildman–Crippen MR) is 55.6 cm³/mol. The Balaban J connectivity index is 3.27. The molecule has 0 saturated heterocycles. The molecule has 1 aromatic rings. The van der Waals surface area contributed by atoms with Gasteiger partial charge in [-0.2, -0.15) is 5.26 Å². The van der Waals surface area contributed by atoms with E-state index >= 15 is 0 Å². The number of hydrogen-bond acceptors (Lipinski definition) is 3. The number of halogens is 1. The molecule has 0 unspecified atom stereocenters. The average molecular weight is 268 g/mol. The maximum Gasteiger partial charge on any atom is 0.307 e. The summed E-state index contributed by atoms with van der Waals surface area (Å²) >= 11 is 3.15. The summed E-state index contributed by atoms with van der Waals surface area (Å²) in [4.78, 5) is 21.1. The summed E-state index contributed by atoms with van der Waals surface area (Å²) in [7, 11) is 0. The third kappa shape index (κ3) is 2.64. The first-order valence-corrected chi connectivity index (χ1v) is 4.77. The monoisotopic (exact) mass is 267 g/mol. The van der Waals surface area contributed by atoms with Crippen LogP contribution in [0.1, 0.15) is 21.5 Å². The average Bonchev–Trinajstić information content (AvgIpc) is 2.19. The molecule has 0 bridgehead atoms. The van der Waals surface area contributed by atoms with Crippen LogP contribution in [-0.4, -0.2) is 17.4 Å². The Morgan fingerprint density at radius 3 is 2.73 bits per heavy atom. The third-order valence-electron chi connectivity index (χ3n) is 1.81. The van der Waals surface area contributed by atoms with Gasteiger partial charge >= 0.3 is 5.97 Å². The minimum absolute atomic E-state index is 0.185. The fourth-order valence-corrected chi connectivity index (χ4v) is 1.63. The summed E-state index contributed by atoms with van der Waals surface area (Å²) in [6, 6.07) is 4.70. The van der Waals surface area contributed by atoms with Crippen LogP contribution in [0.3, 0.4) is 0 Å².